The van der Waals surface area contributed by atoms with Crippen LogP contribution in [0.2, 0.25) is 0 Å². The van der Waals surface area contributed by atoms with E-state index in [9.17, 15) is 4.79 Å². The van der Waals surface area contributed by atoms with Gasteiger partial charge in [0.05, 0.1) is 0 Å². The van der Waals surface area contributed by atoms with Gasteiger partial charge >= 0.3 is 0 Å². The summed E-state index contributed by atoms with van der Waals surface area (Å²) in [6.45, 7) is 2.00. The molecule has 0 fully saturated rings. The molecule has 0 aliphatic rings. The number of rotatable bonds is 4. The van der Waals surface area contributed by atoms with Gasteiger partial charge in [0, 0.05) is 0 Å². The number of hydrogen-bond donors (Lipinski definition) is 0. The van der Waals surface area contributed by atoms with Gasteiger partial charge in [-0.15, -0.1) is 0 Å². The standard InChI is InChI=1S/C13H14O/c1-2-3-9-13(14)11-10-12-7-5-4-6-8-12/h3-11H,2H2,1H3/b9-3+,11-10+. The van der Waals surface area contributed by atoms with Gasteiger partial charge in [-0.25, -0.2) is 0 Å². The molecule has 14 heavy (non-hydrogen) atoms. The molecular weight excluding hydrogens is 172 g/mol. The first-order chi connectivity index (χ1) is 6.83. The number of ketones is 1. The Kier molecular flexibility index (Phi) is 4.42. The molecule has 0 N–H and O–H groups in total. The molecule has 0 radical (unpaired) electrons. The van der Waals surface area contributed by atoms with Crippen LogP contribution in [0.5, 0.6) is 0 Å². The highest BCUT2D eigenvalue weighted by Gasteiger charge is 1.87. The lowest BCUT2D eigenvalue weighted by Gasteiger charge is -1.89. The number of hydrogen-bond acceptors (Lipinski definition) is 1. The molecule has 72 valence electrons. The van der Waals surface area contributed by atoms with E-state index < -0.39 is 0 Å². The molecule has 1 rings (SSSR count). The van der Waals surface area contributed by atoms with E-state index in [1.54, 1.807) is 12.2 Å². The zero-order valence-corrected chi connectivity index (χ0v) is 8.31. The summed E-state index contributed by atoms with van der Waals surface area (Å²) in [6.07, 6.45) is 7.76. The van der Waals surface area contributed by atoms with Crippen LogP contribution in [-0.4, -0.2) is 5.78 Å². The fourth-order valence-corrected chi connectivity index (χ4v) is 1.03. The predicted molar refractivity (Wildman–Crippen MR) is 59.9 cm³/mol. The molecule has 0 saturated heterocycles. The SMILES string of the molecule is CC/C=C/C(=O)/C=C/c1ccccc1. The van der Waals surface area contributed by atoms with Crippen molar-refractivity contribution in [1.29, 1.82) is 0 Å². The molecule has 0 aliphatic carbocycles. The Morgan fingerprint density at radius 1 is 1.21 bits per heavy atom. The van der Waals surface area contributed by atoms with E-state index >= 15 is 0 Å². The fraction of sp³-hybridized carbons (Fsp3) is 0.154. The smallest absolute Gasteiger partial charge is 0.178 e. The highest BCUT2D eigenvalue weighted by Crippen LogP contribution is 2.00. The maximum atomic E-state index is 11.2. The van der Waals surface area contributed by atoms with Crippen molar-refractivity contribution in [2.45, 2.75) is 13.3 Å². The summed E-state index contributed by atoms with van der Waals surface area (Å²) in [6, 6.07) is 9.79. The van der Waals surface area contributed by atoms with Gasteiger partial charge in [0.1, 0.15) is 0 Å². The summed E-state index contributed by atoms with van der Waals surface area (Å²) in [5.41, 5.74) is 1.05. The third-order valence-electron chi connectivity index (χ3n) is 1.76. The molecule has 0 aliphatic heterocycles. The Hall–Kier alpha value is -1.63. The van der Waals surface area contributed by atoms with Crippen LogP contribution >= 0.6 is 0 Å². The van der Waals surface area contributed by atoms with Crippen molar-refractivity contribution in [3.63, 3.8) is 0 Å². The highest BCUT2D eigenvalue weighted by atomic mass is 16.1. The second kappa shape index (κ2) is 5.92. The first kappa shape index (κ1) is 10.5. The molecule has 1 aromatic carbocycles. The minimum absolute atomic E-state index is 0.0377. The Balaban J connectivity index is 2.56. The average molecular weight is 186 g/mol. The van der Waals surface area contributed by atoms with Gasteiger partial charge in [0.2, 0.25) is 0 Å². The summed E-state index contributed by atoms with van der Waals surface area (Å²) in [5, 5.41) is 0. The second-order valence-corrected chi connectivity index (χ2v) is 2.96. The monoisotopic (exact) mass is 186 g/mol. The molecule has 0 unspecified atom stereocenters. The van der Waals surface area contributed by atoms with Gasteiger partial charge in [0.15, 0.2) is 5.78 Å². The lowest BCUT2D eigenvalue weighted by Crippen LogP contribution is -1.83. The van der Waals surface area contributed by atoms with Crippen molar-refractivity contribution in [2.24, 2.45) is 0 Å². The minimum Gasteiger partial charge on any atom is -0.290 e. The van der Waals surface area contributed by atoms with Gasteiger partial charge in [-0.3, -0.25) is 4.79 Å². The first-order valence-electron chi connectivity index (χ1n) is 4.76. The predicted octanol–water partition coefficient (Wildman–Crippen LogP) is 3.24. The largest absolute Gasteiger partial charge is 0.290 e. The molecule has 0 bridgehead atoms. The Morgan fingerprint density at radius 2 is 1.93 bits per heavy atom. The molecule has 0 atom stereocenters. The average Bonchev–Trinajstić information content (AvgIpc) is 2.25. The van der Waals surface area contributed by atoms with E-state index in [1.807, 2.05) is 49.4 Å². The Labute approximate surface area is 84.8 Å². The van der Waals surface area contributed by atoms with Gasteiger partial charge in [0.25, 0.3) is 0 Å². The maximum absolute atomic E-state index is 11.2. The van der Waals surface area contributed by atoms with Crippen LogP contribution in [0.3, 0.4) is 0 Å². The van der Waals surface area contributed by atoms with Gasteiger partial charge < -0.3 is 0 Å². The van der Waals surface area contributed by atoms with E-state index in [2.05, 4.69) is 0 Å². The number of carbonyl (C=O) groups excluding carboxylic acids is 1. The summed E-state index contributed by atoms with van der Waals surface area (Å²) >= 11 is 0. The van der Waals surface area contributed by atoms with Gasteiger partial charge in [-0.05, 0) is 24.1 Å². The third kappa shape index (κ3) is 3.85. The van der Waals surface area contributed by atoms with E-state index in [-0.39, 0.29) is 5.78 Å². The van der Waals surface area contributed by atoms with Crippen molar-refractivity contribution in [1.82, 2.24) is 0 Å². The van der Waals surface area contributed by atoms with Crippen LogP contribution in [0, 0.1) is 0 Å². The van der Waals surface area contributed by atoms with Crippen LogP contribution in [0.25, 0.3) is 6.08 Å². The van der Waals surface area contributed by atoms with Crippen LogP contribution in [0.1, 0.15) is 18.9 Å². The van der Waals surface area contributed by atoms with E-state index in [1.165, 1.54) is 0 Å². The molecular formula is C13H14O. The van der Waals surface area contributed by atoms with Crippen molar-refractivity contribution in [3.8, 4) is 0 Å². The maximum Gasteiger partial charge on any atom is 0.178 e. The normalized spacial score (nSPS) is 11.2. The van der Waals surface area contributed by atoms with E-state index in [4.69, 9.17) is 0 Å². The molecule has 0 spiro atoms. The summed E-state index contributed by atoms with van der Waals surface area (Å²) in [4.78, 5) is 11.2. The Morgan fingerprint density at radius 3 is 2.57 bits per heavy atom. The molecule has 0 aromatic heterocycles. The minimum atomic E-state index is 0.0377. The van der Waals surface area contributed by atoms with Crippen molar-refractivity contribution in [3.05, 3.63) is 54.1 Å². The van der Waals surface area contributed by atoms with Crippen molar-refractivity contribution >= 4 is 11.9 Å². The zero-order chi connectivity index (χ0) is 10.2. The molecule has 1 heteroatoms. The van der Waals surface area contributed by atoms with Crippen molar-refractivity contribution < 1.29 is 4.79 Å². The molecule has 0 saturated carbocycles. The van der Waals surface area contributed by atoms with Gasteiger partial charge in [-0.1, -0.05) is 49.4 Å². The number of allylic oxidation sites excluding steroid dienone is 3. The van der Waals surface area contributed by atoms with E-state index in [0.29, 0.717) is 0 Å². The lowest BCUT2D eigenvalue weighted by atomic mass is 10.2. The fourth-order valence-electron chi connectivity index (χ4n) is 1.03. The highest BCUT2D eigenvalue weighted by molar-refractivity contribution is 6.01. The van der Waals surface area contributed by atoms with Crippen LogP contribution < -0.4 is 0 Å². The lowest BCUT2D eigenvalue weighted by molar-refractivity contribution is -0.110. The topological polar surface area (TPSA) is 17.1 Å². The summed E-state index contributed by atoms with van der Waals surface area (Å²) in [5.74, 6) is 0.0377. The Bertz CT molecular complexity index is 334. The van der Waals surface area contributed by atoms with Crippen molar-refractivity contribution in [2.75, 3.05) is 0 Å². The van der Waals surface area contributed by atoms with Crippen LogP contribution in [0.15, 0.2) is 48.6 Å². The van der Waals surface area contributed by atoms with Gasteiger partial charge in [-0.2, -0.15) is 0 Å². The zero-order valence-electron chi connectivity index (χ0n) is 8.31. The third-order valence-corrected chi connectivity index (χ3v) is 1.76. The summed E-state index contributed by atoms with van der Waals surface area (Å²) in [7, 11) is 0. The number of carbonyl (C=O) groups is 1. The molecule has 0 heterocycles. The molecule has 1 aromatic rings. The van der Waals surface area contributed by atoms with Crippen LogP contribution in [-0.2, 0) is 4.79 Å². The molecule has 0 amide bonds. The second-order valence-electron chi connectivity index (χ2n) is 2.96. The number of benzene rings is 1. The molecule has 1 nitrogen and oxygen atoms in total. The quantitative estimate of drug-likeness (QED) is 0.660. The van der Waals surface area contributed by atoms with Crippen LogP contribution in [0.4, 0.5) is 0 Å². The summed E-state index contributed by atoms with van der Waals surface area (Å²) < 4.78 is 0. The first-order valence-corrected chi connectivity index (χ1v) is 4.76. The van der Waals surface area contributed by atoms with E-state index in [0.717, 1.165) is 12.0 Å².